The number of ether oxygens (including phenoxy) is 2. The van der Waals surface area contributed by atoms with Crippen LogP contribution >= 0.6 is 0 Å². The van der Waals surface area contributed by atoms with Gasteiger partial charge in [0, 0.05) is 48.0 Å². The molecule has 5 rings (SSSR count). The number of piperidine rings is 1. The molecule has 1 fully saturated rings. The van der Waals surface area contributed by atoms with E-state index in [0.29, 0.717) is 34.5 Å². The second-order valence-electron chi connectivity index (χ2n) is 9.89. The van der Waals surface area contributed by atoms with Gasteiger partial charge in [-0.25, -0.2) is 15.0 Å². The van der Waals surface area contributed by atoms with E-state index < -0.39 is 18.8 Å². The van der Waals surface area contributed by atoms with Crippen molar-refractivity contribution in [3.63, 3.8) is 0 Å². The van der Waals surface area contributed by atoms with E-state index in [1.807, 2.05) is 43.3 Å². The molecule has 0 aliphatic carbocycles. The lowest BCUT2D eigenvalue weighted by atomic mass is 10.0. The minimum Gasteiger partial charge on any atom is -0.437 e. The number of halogens is 3. The van der Waals surface area contributed by atoms with Crippen LogP contribution in [0.3, 0.4) is 0 Å². The number of hydrogen-bond acceptors (Lipinski definition) is 8. The Labute approximate surface area is 236 Å². The number of benzene rings is 2. The van der Waals surface area contributed by atoms with E-state index in [1.165, 1.54) is 0 Å². The van der Waals surface area contributed by atoms with Crippen LogP contribution in [-0.4, -0.2) is 59.5 Å². The largest absolute Gasteiger partial charge is 0.437 e. The van der Waals surface area contributed by atoms with Gasteiger partial charge in [-0.05, 0) is 63.1 Å². The lowest BCUT2D eigenvalue weighted by molar-refractivity contribution is -0.214. The number of pyridine rings is 1. The van der Waals surface area contributed by atoms with Crippen molar-refractivity contribution in [2.45, 2.75) is 45.0 Å². The van der Waals surface area contributed by atoms with E-state index in [2.05, 4.69) is 25.9 Å². The quantitative estimate of drug-likeness (QED) is 0.205. The normalized spacial score (nSPS) is 16.4. The maximum atomic E-state index is 13.4. The van der Waals surface area contributed by atoms with Crippen LogP contribution in [0.5, 0.6) is 11.6 Å². The van der Waals surface area contributed by atoms with E-state index in [1.54, 1.807) is 31.5 Å². The van der Waals surface area contributed by atoms with Crippen LogP contribution in [0.4, 0.5) is 24.8 Å². The summed E-state index contributed by atoms with van der Waals surface area (Å²) in [5.41, 5.74) is 2.74. The number of nitrogens with zero attached hydrogens (tertiary/aromatic N) is 3. The van der Waals surface area contributed by atoms with Crippen LogP contribution in [-0.2, 0) is 4.74 Å². The molecular weight excluding hydrogens is 533 g/mol. The summed E-state index contributed by atoms with van der Waals surface area (Å²) in [4.78, 5) is 13.6. The van der Waals surface area contributed by atoms with Crippen molar-refractivity contribution in [3.05, 3.63) is 66.5 Å². The fourth-order valence-electron chi connectivity index (χ4n) is 4.90. The van der Waals surface area contributed by atoms with E-state index in [4.69, 9.17) is 14.5 Å². The summed E-state index contributed by atoms with van der Waals surface area (Å²) in [5.74, 6) is 1.45. The van der Waals surface area contributed by atoms with Crippen molar-refractivity contribution in [3.8, 4) is 22.9 Å². The lowest BCUT2D eigenvalue weighted by Crippen LogP contribution is -2.38. The number of nitrogens with one attached hydrogen (secondary N) is 3. The van der Waals surface area contributed by atoms with Gasteiger partial charge in [0.05, 0.1) is 17.8 Å². The minimum absolute atomic E-state index is 0.0351. The van der Waals surface area contributed by atoms with Crippen LogP contribution in [0.1, 0.15) is 25.3 Å². The Kier molecular flexibility index (Phi) is 8.84. The van der Waals surface area contributed by atoms with Crippen molar-refractivity contribution in [2.75, 3.05) is 36.9 Å². The molecule has 2 aromatic heterocycles. The van der Waals surface area contributed by atoms with Crippen molar-refractivity contribution in [1.29, 1.82) is 0 Å². The van der Waals surface area contributed by atoms with E-state index in [0.717, 1.165) is 42.3 Å². The summed E-state index contributed by atoms with van der Waals surface area (Å²) in [5, 5.41) is 11.2. The van der Waals surface area contributed by atoms with Crippen LogP contribution in [0.25, 0.3) is 22.0 Å². The van der Waals surface area contributed by atoms with Gasteiger partial charge in [-0.3, -0.25) is 0 Å². The third-order valence-electron chi connectivity index (χ3n) is 6.95. The fourth-order valence-corrected chi connectivity index (χ4v) is 4.90. The first-order chi connectivity index (χ1) is 19.8. The molecule has 2 aromatic carbocycles. The highest BCUT2D eigenvalue weighted by atomic mass is 19.4. The van der Waals surface area contributed by atoms with Crippen LogP contribution in [0.15, 0.2) is 60.9 Å². The van der Waals surface area contributed by atoms with E-state index in [-0.39, 0.29) is 12.6 Å². The molecule has 41 heavy (non-hydrogen) atoms. The smallest absolute Gasteiger partial charge is 0.416 e. The molecule has 3 heterocycles. The van der Waals surface area contributed by atoms with Gasteiger partial charge < -0.3 is 25.4 Å². The minimum atomic E-state index is -4.47. The van der Waals surface area contributed by atoms with Crippen LogP contribution in [0, 0.1) is 6.92 Å². The second kappa shape index (κ2) is 12.7. The van der Waals surface area contributed by atoms with Gasteiger partial charge in [-0.15, -0.1) is 0 Å². The molecule has 2 atom stereocenters. The van der Waals surface area contributed by atoms with Gasteiger partial charge in [0.1, 0.15) is 5.75 Å². The van der Waals surface area contributed by atoms with Gasteiger partial charge >= 0.3 is 6.18 Å². The highest BCUT2D eigenvalue weighted by Gasteiger charge is 2.40. The Balaban J connectivity index is 1.43. The summed E-state index contributed by atoms with van der Waals surface area (Å²) in [6.07, 6.45) is -0.907. The molecule has 1 saturated heterocycles. The standard InChI is InChI=1S/C30H33F3N6O2/c1-3-40-26(30(31,32)33)18-37-24-10-4-8-22-21(24)12-11-19(2)27(22)41-28-23(9-6-15-35-28)25-13-16-36-29(39-25)38-20-7-5-14-34-17-20/h4,6,8-13,15-16,20,26,34,37H,3,5,7,14,17-18H2,1-2H3,(H,36,38,39)/t20-,26?/m0/s1. The predicted molar refractivity (Wildman–Crippen MR) is 153 cm³/mol. The zero-order valence-corrected chi connectivity index (χ0v) is 23.0. The summed E-state index contributed by atoms with van der Waals surface area (Å²) in [7, 11) is 0. The maximum absolute atomic E-state index is 13.4. The number of alkyl halides is 3. The van der Waals surface area contributed by atoms with E-state index >= 15 is 0 Å². The molecule has 216 valence electrons. The van der Waals surface area contributed by atoms with Crippen molar-refractivity contribution in [1.82, 2.24) is 20.3 Å². The highest BCUT2D eigenvalue weighted by Crippen LogP contribution is 2.39. The van der Waals surface area contributed by atoms with Gasteiger partial charge in [0.25, 0.3) is 0 Å². The summed E-state index contributed by atoms with van der Waals surface area (Å²) < 4.78 is 51.6. The van der Waals surface area contributed by atoms with Crippen molar-refractivity contribution >= 4 is 22.4 Å². The number of anilines is 2. The van der Waals surface area contributed by atoms with Crippen LogP contribution < -0.4 is 20.7 Å². The van der Waals surface area contributed by atoms with Crippen molar-refractivity contribution in [2.24, 2.45) is 0 Å². The number of rotatable bonds is 10. The Hall–Kier alpha value is -3.96. The Bertz CT molecular complexity index is 1480. The Morgan fingerprint density at radius 1 is 1.05 bits per heavy atom. The average Bonchev–Trinajstić information content (AvgIpc) is 2.97. The molecule has 4 aromatic rings. The Morgan fingerprint density at radius 2 is 1.93 bits per heavy atom. The zero-order valence-electron chi connectivity index (χ0n) is 23.0. The van der Waals surface area contributed by atoms with Crippen molar-refractivity contribution < 1.29 is 22.6 Å². The Morgan fingerprint density at radius 3 is 2.71 bits per heavy atom. The summed E-state index contributed by atoms with van der Waals surface area (Å²) in [6, 6.07) is 14.9. The number of fused-ring (bicyclic) bond motifs is 1. The SMILES string of the molecule is CCOC(CNc1cccc2c(Oc3ncccc3-c3ccnc(N[C@H]4CCCNC4)n3)c(C)ccc12)C(F)(F)F. The molecule has 1 aliphatic rings. The van der Waals surface area contributed by atoms with Gasteiger partial charge in [-0.2, -0.15) is 13.2 Å². The van der Waals surface area contributed by atoms with Gasteiger partial charge in [0.2, 0.25) is 11.8 Å². The molecule has 0 amide bonds. The van der Waals surface area contributed by atoms with Crippen LogP contribution in [0.2, 0.25) is 0 Å². The summed E-state index contributed by atoms with van der Waals surface area (Å²) in [6.45, 7) is 4.88. The number of aromatic nitrogens is 3. The number of aryl methyl sites for hydroxylation is 1. The zero-order chi connectivity index (χ0) is 28.8. The molecule has 0 bridgehead atoms. The van der Waals surface area contributed by atoms with Gasteiger partial charge in [-0.1, -0.05) is 24.3 Å². The highest BCUT2D eigenvalue weighted by molar-refractivity contribution is 5.98. The molecule has 11 heteroatoms. The first kappa shape index (κ1) is 28.6. The maximum Gasteiger partial charge on any atom is 0.416 e. The third kappa shape index (κ3) is 6.86. The molecule has 8 nitrogen and oxygen atoms in total. The topological polar surface area (TPSA) is 93.2 Å². The lowest BCUT2D eigenvalue weighted by Gasteiger charge is -2.23. The first-order valence-corrected chi connectivity index (χ1v) is 13.7. The second-order valence-corrected chi connectivity index (χ2v) is 9.89. The third-order valence-corrected chi connectivity index (χ3v) is 6.95. The summed E-state index contributed by atoms with van der Waals surface area (Å²) >= 11 is 0. The van der Waals surface area contributed by atoms with Gasteiger partial charge in [0.15, 0.2) is 6.10 Å². The fraction of sp³-hybridized carbons (Fsp3) is 0.367. The molecule has 3 N–H and O–H groups in total. The molecule has 1 aliphatic heterocycles. The average molecular weight is 567 g/mol. The van der Waals surface area contributed by atoms with E-state index in [9.17, 15) is 13.2 Å². The molecule has 0 spiro atoms. The molecule has 0 radical (unpaired) electrons. The first-order valence-electron chi connectivity index (χ1n) is 13.7. The molecule has 0 saturated carbocycles. The monoisotopic (exact) mass is 566 g/mol. The molecular formula is C30H33F3N6O2. The molecule has 1 unspecified atom stereocenters. The predicted octanol–water partition coefficient (Wildman–Crippen LogP) is 6.34. The number of hydrogen-bond donors (Lipinski definition) is 3.